The van der Waals surface area contributed by atoms with Gasteiger partial charge >= 0.3 is 0 Å². The van der Waals surface area contributed by atoms with Crippen molar-refractivity contribution in [2.45, 2.75) is 72.4 Å². The van der Waals surface area contributed by atoms with Crippen LogP contribution < -0.4 is 10.6 Å². The monoisotopic (exact) mass is 294 g/mol. The summed E-state index contributed by atoms with van der Waals surface area (Å²) in [7, 11) is 0. The van der Waals surface area contributed by atoms with Crippen molar-refractivity contribution in [3.63, 3.8) is 0 Å². The Morgan fingerprint density at radius 3 is 2.10 bits per heavy atom. The van der Waals surface area contributed by atoms with E-state index in [1.54, 1.807) is 13.8 Å². The first-order valence-electron chi connectivity index (χ1n) is 7.74. The summed E-state index contributed by atoms with van der Waals surface area (Å²) in [5.74, 6) is 2.48. The highest BCUT2D eigenvalue weighted by Gasteiger charge is 2.35. The highest BCUT2D eigenvalue weighted by Crippen LogP contribution is 2.28. The molecule has 120 valence electrons. The molecular weight excluding hydrogens is 264 g/mol. The van der Waals surface area contributed by atoms with Gasteiger partial charge in [-0.05, 0) is 48.0 Å². The van der Waals surface area contributed by atoms with Crippen molar-refractivity contribution in [3.8, 4) is 0 Å². The Balaban J connectivity index is 3.21. The minimum Gasteiger partial charge on any atom is -0.388 e. The van der Waals surface area contributed by atoms with E-state index >= 15 is 0 Å². The van der Waals surface area contributed by atoms with E-state index in [9.17, 15) is 5.11 Å². The molecule has 0 bridgehead atoms. The molecule has 0 saturated carbocycles. The third-order valence-corrected chi connectivity index (χ3v) is 3.97. The van der Waals surface area contributed by atoms with Crippen LogP contribution in [0, 0.1) is 6.92 Å². The number of aryl methyl sites for hydroxylation is 1. The summed E-state index contributed by atoms with van der Waals surface area (Å²) in [6.45, 7) is 14.5. The molecule has 0 aliphatic rings. The fourth-order valence-electron chi connectivity index (χ4n) is 1.81. The smallest absolute Gasteiger partial charge is 0.135 e. The Bertz CT molecular complexity index is 478. The van der Waals surface area contributed by atoms with Crippen LogP contribution in [0.4, 0.5) is 11.6 Å². The maximum atomic E-state index is 10.3. The van der Waals surface area contributed by atoms with Crippen LogP contribution in [-0.4, -0.2) is 32.8 Å². The molecule has 5 heteroatoms. The molecule has 1 rings (SSSR count). The van der Waals surface area contributed by atoms with Crippen molar-refractivity contribution in [2.24, 2.45) is 0 Å². The Labute approximate surface area is 128 Å². The predicted molar refractivity (Wildman–Crippen MR) is 88.9 cm³/mol. The maximum Gasteiger partial charge on any atom is 0.135 e. The zero-order valence-electron chi connectivity index (χ0n) is 14.5. The van der Waals surface area contributed by atoms with Crippen LogP contribution >= 0.6 is 0 Å². The van der Waals surface area contributed by atoms with Crippen LogP contribution in [0.25, 0.3) is 0 Å². The SMILES string of the molecule is CCCc1nc(NCC)c(C)c(NC(C)(C)C(C)(C)O)n1. The number of anilines is 2. The van der Waals surface area contributed by atoms with Crippen LogP contribution in [0.3, 0.4) is 0 Å². The molecular formula is C16H30N4O. The lowest BCUT2D eigenvalue weighted by atomic mass is 9.86. The highest BCUT2D eigenvalue weighted by molar-refractivity contribution is 5.58. The molecule has 0 aliphatic heterocycles. The number of rotatable bonds is 7. The van der Waals surface area contributed by atoms with Gasteiger partial charge in [-0.3, -0.25) is 0 Å². The number of nitrogens with one attached hydrogen (secondary N) is 2. The third kappa shape index (κ3) is 4.30. The molecule has 1 aromatic heterocycles. The molecule has 0 amide bonds. The molecule has 0 aliphatic carbocycles. The van der Waals surface area contributed by atoms with Crippen LogP contribution in [-0.2, 0) is 6.42 Å². The van der Waals surface area contributed by atoms with E-state index in [1.165, 1.54) is 0 Å². The lowest BCUT2D eigenvalue weighted by Crippen LogP contribution is -2.51. The van der Waals surface area contributed by atoms with Crippen LogP contribution in [0.15, 0.2) is 0 Å². The lowest BCUT2D eigenvalue weighted by Gasteiger charge is -2.39. The van der Waals surface area contributed by atoms with Crippen molar-refractivity contribution in [1.29, 1.82) is 0 Å². The zero-order valence-corrected chi connectivity index (χ0v) is 14.5. The summed E-state index contributed by atoms with van der Waals surface area (Å²) in [5.41, 5.74) is -0.388. The normalized spacial score (nSPS) is 12.4. The molecule has 0 radical (unpaired) electrons. The van der Waals surface area contributed by atoms with E-state index in [0.29, 0.717) is 0 Å². The average Bonchev–Trinajstić information content (AvgIpc) is 2.34. The minimum atomic E-state index is -0.867. The molecule has 1 heterocycles. The van der Waals surface area contributed by atoms with Gasteiger partial charge in [-0.25, -0.2) is 9.97 Å². The van der Waals surface area contributed by atoms with Gasteiger partial charge in [-0.1, -0.05) is 6.92 Å². The van der Waals surface area contributed by atoms with E-state index < -0.39 is 11.1 Å². The second kappa shape index (κ2) is 6.60. The predicted octanol–water partition coefficient (Wildman–Crippen LogP) is 3.13. The summed E-state index contributed by atoms with van der Waals surface area (Å²) in [4.78, 5) is 9.21. The maximum absolute atomic E-state index is 10.3. The summed E-state index contributed by atoms with van der Waals surface area (Å²) in [5, 5.41) is 17.0. The van der Waals surface area contributed by atoms with E-state index in [4.69, 9.17) is 0 Å². The Morgan fingerprint density at radius 1 is 1.05 bits per heavy atom. The quantitative estimate of drug-likeness (QED) is 0.721. The molecule has 0 unspecified atom stereocenters. The van der Waals surface area contributed by atoms with Gasteiger partial charge in [0.2, 0.25) is 0 Å². The highest BCUT2D eigenvalue weighted by atomic mass is 16.3. The van der Waals surface area contributed by atoms with Crippen molar-refractivity contribution in [1.82, 2.24) is 9.97 Å². The fourth-order valence-corrected chi connectivity index (χ4v) is 1.81. The topological polar surface area (TPSA) is 70.1 Å². The van der Waals surface area contributed by atoms with Crippen molar-refractivity contribution < 1.29 is 5.11 Å². The Hall–Kier alpha value is -1.36. The van der Waals surface area contributed by atoms with E-state index in [-0.39, 0.29) is 0 Å². The number of hydrogen-bond donors (Lipinski definition) is 3. The number of aliphatic hydroxyl groups is 1. The number of aromatic nitrogens is 2. The van der Waals surface area contributed by atoms with Gasteiger partial charge in [-0.2, -0.15) is 0 Å². The van der Waals surface area contributed by atoms with Crippen LogP contribution in [0.2, 0.25) is 0 Å². The van der Waals surface area contributed by atoms with Crippen molar-refractivity contribution >= 4 is 11.6 Å². The number of hydrogen-bond acceptors (Lipinski definition) is 5. The van der Waals surface area contributed by atoms with Crippen molar-refractivity contribution in [3.05, 3.63) is 11.4 Å². The first-order valence-corrected chi connectivity index (χ1v) is 7.74. The van der Waals surface area contributed by atoms with Gasteiger partial charge in [0.15, 0.2) is 0 Å². The number of nitrogens with zero attached hydrogens (tertiary/aromatic N) is 2. The van der Waals surface area contributed by atoms with Gasteiger partial charge in [0.25, 0.3) is 0 Å². The second-order valence-electron chi connectivity index (χ2n) is 6.55. The molecule has 0 atom stereocenters. The molecule has 0 spiro atoms. The van der Waals surface area contributed by atoms with Gasteiger partial charge in [-0.15, -0.1) is 0 Å². The van der Waals surface area contributed by atoms with E-state index in [1.807, 2.05) is 20.8 Å². The summed E-state index contributed by atoms with van der Waals surface area (Å²) < 4.78 is 0. The second-order valence-corrected chi connectivity index (χ2v) is 6.55. The largest absolute Gasteiger partial charge is 0.388 e. The zero-order chi connectivity index (χ0) is 16.3. The summed E-state index contributed by atoms with van der Waals surface area (Å²) in [6.07, 6.45) is 1.85. The third-order valence-electron chi connectivity index (χ3n) is 3.97. The summed E-state index contributed by atoms with van der Waals surface area (Å²) >= 11 is 0. The molecule has 0 saturated heterocycles. The average molecular weight is 294 g/mol. The Morgan fingerprint density at radius 2 is 1.62 bits per heavy atom. The van der Waals surface area contributed by atoms with Gasteiger partial charge in [0.1, 0.15) is 17.5 Å². The molecule has 0 aromatic carbocycles. The van der Waals surface area contributed by atoms with Crippen LogP contribution in [0.5, 0.6) is 0 Å². The van der Waals surface area contributed by atoms with Crippen LogP contribution in [0.1, 0.15) is 59.4 Å². The van der Waals surface area contributed by atoms with E-state index in [0.717, 1.165) is 42.4 Å². The molecule has 0 fully saturated rings. The standard InChI is InChI=1S/C16H30N4O/c1-8-10-12-18-13(17-9-2)11(3)14(19-12)20-15(4,5)16(6,7)21/h21H,8-10H2,1-7H3,(H2,17,18,19,20). The first-order chi connectivity index (χ1) is 9.62. The van der Waals surface area contributed by atoms with Crippen molar-refractivity contribution in [2.75, 3.05) is 17.2 Å². The van der Waals surface area contributed by atoms with Gasteiger partial charge < -0.3 is 15.7 Å². The summed E-state index contributed by atoms with van der Waals surface area (Å²) in [6, 6.07) is 0. The van der Waals surface area contributed by atoms with Gasteiger partial charge in [0, 0.05) is 18.5 Å². The Kier molecular flexibility index (Phi) is 5.56. The lowest BCUT2D eigenvalue weighted by molar-refractivity contribution is 0.0238. The minimum absolute atomic E-state index is 0.501. The fraction of sp³-hybridized carbons (Fsp3) is 0.750. The molecule has 5 nitrogen and oxygen atoms in total. The van der Waals surface area contributed by atoms with E-state index in [2.05, 4.69) is 34.4 Å². The molecule has 3 N–H and O–H groups in total. The van der Waals surface area contributed by atoms with Gasteiger partial charge in [0.05, 0.1) is 11.1 Å². The first kappa shape index (κ1) is 17.7. The molecule has 21 heavy (non-hydrogen) atoms. The molecule has 1 aromatic rings.